The fourth-order valence-electron chi connectivity index (χ4n) is 3.44. The molecular formula is C21H21N5O3. The molecule has 0 radical (unpaired) electrons. The highest BCUT2D eigenvalue weighted by molar-refractivity contribution is 5.92. The van der Waals surface area contributed by atoms with Gasteiger partial charge in [-0.15, -0.1) is 0 Å². The minimum absolute atomic E-state index is 0.0581. The summed E-state index contributed by atoms with van der Waals surface area (Å²) in [5, 5.41) is 6.99. The summed E-state index contributed by atoms with van der Waals surface area (Å²) in [4.78, 5) is 33.0. The lowest BCUT2D eigenvalue weighted by atomic mass is 9.87. The average molecular weight is 391 g/mol. The molecular weight excluding hydrogens is 370 g/mol. The molecule has 1 N–H and O–H groups in total. The van der Waals surface area contributed by atoms with Gasteiger partial charge in [-0.3, -0.25) is 4.79 Å². The van der Waals surface area contributed by atoms with Crippen LogP contribution in [-0.2, 0) is 16.0 Å². The van der Waals surface area contributed by atoms with E-state index in [9.17, 15) is 9.59 Å². The van der Waals surface area contributed by atoms with Gasteiger partial charge in [-0.05, 0) is 49.4 Å². The van der Waals surface area contributed by atoms with Crippen molar-refractivity contribution in [3.8, 4) is 5.82 Å². The van der Waals surface area contributed by atoms with Gasteiger partial charge in [-0.2, -0.15) is 5.10 Å². The number of hydrogen-bond acceptors (Lipinski definition) is 6. The van der Waals surface area contributed by atoms with Crippen molar-refractivity contribution in [1.82, 2.24) is 25.1 Å². The van der Waals surface area contributed by atoms with E-state index in [4.69, 9.17) is 4.74 Å². The second-order valence-electron chi connectivity index (χ2n) is 6.94. The van der Waals surface area contributed by atoms with Crippen molar-refractivity contribution in [2.75, 3.05) is 0 Å². The van der Waals surface area contributed by atoms with Crippen LogP contribution in [0.25, 0.3) is 5.82 Å². The van der Waals surface area contributed by atoms with E-state index in [1.165, 1.54) is 29.1 Å². The molecule has 4 rings (SSSR count). The largest absolute Gasteiger partial charge is 0.449 e. The number of rotatable bonds is 5. The number of aryl methyl sites for hydroxylation is 1. The molecule has 8 heteroatoms. The second-order valence-corrected chi connectivity index (χ2v) is 6.94. The fourth-order valence-corrected chi connectivity index (χ4v) is 3.44. The van der Waals surface area contributed by atoms with Gasteiger partial charge < -0.3 is 10.1 Å². The first-order chi connectivity index (χ1) is 14.1. The summed E-state index contributed by atoms with van der Waals surface area (Å²) in [6, 6.07) is 11.3. The third kappa shape index (κ3) is 4.16. The molecule has 1 amide bonds. The normalized spacial score (nSPS) is 16.5. The molecule has 8 nitrogen and oxygen atoms in total. The minimum atomic E-state index is -0.911. The van der Waals surface area contributed by atoms with Gasteiger partial charge in [-0.1, -0.05) is 24.3 Å². The van der Waals surface area contributed by atoms with Gasteiger partial charge in [0.2, 0.25) is 0 Å². The van der Waals surface area contributed by atoms with Gasteiger partial charge >= 0.3 is 5.97 Å². The van der Waals surface area contributed by atoms with E-state index in [0.29, 0.717) is 5.82 Å². The molecule has 0 bridgehead atoms. The third-order valence-corrected chi connectivity index (χ3v) is 4.98. The van der Waals surface area contributed by atoms with Gasteiger partial charge in [0.15, 0.2) is 11.9 Å². The van der Waals surface area contributed by atoms with E-state index in [1.807, 2.05) is 18.2 Å². The lowest BCUT2D eigenvalue weighted by Gasteiger charge is -2.27. The molecule has 0 spiro atoms. The van der Waals surface area contributed by atoms with Crippen LogP contribution in [0.4, 0.5) is 0 Å². The van der Waals surface area contributed by atoms with Gasteiger partial charge in [0.1, 0.15) is 12.7 Å². The quantitative estimate of drug-likeness (QED) is 0.671. The van der Waals surface area contributed by atoms with Crippen LogP contribution >= 0.6 is 0 Å². The van der Waals surface area contributed by atoms with E-state index in [2.05, 4.69) is 26.4 Å². The molecule has 148 valence electrons. The zero-order chi connectivity index (χ0) is 20.2. The van der Waals surface area contributed by atoms with E-state index >= 15 is 0 Å². The predicted molar refractivity (Wildman–Crippen MR) is 104 cm³/mol. The highest BCUT2D eigenvalue weighted by Gasteiger charge is 2.25. The predicted octanol–water partition coefficient (Wildman–Crippen LogP) is 2.40. The summed E-state index contributed by atoms with van der Waals surface area (Å²) in [6.07, 6.45) is 6.29. The third-order valence-electron chi connectivity index (χ3n) is 4.98. The summed E-state index contributed by atoms with van der Waals surface area (Å²) in [6.45, 7) is 1.57. The van der Waals surface area contributed by atoms with Crippen molar-refractivity contribution in [2.24, 2.45) is 0 Å². The number of hydrogen-bond donors (Lipinski definition) is 1. The SMILES string of the molecule is C[C@@H](OC(=O)c1ccc(-n2cncn2)nc1)C(=O)N[C@H]1CCCc2ccccc21. The number of carbonyl (C=O) groups is 2. The Morgan fingerprint density at radius 1 is 1.24 bits per heavy atom. The van der Waals surface area contributed by atoms with Gasteiger partial charge in [-0.25, -0.2) is 19.4 Å². The first-order valence-electron chi connectivity index (χ1n) is 9.52. The molecule has 3 aromatic rings. The Balaban J connectivity index is 1.37. The Bertz CT molecular complexity index is 1000. The molecule has 2 heterocycles. The molecule has 2 atom stereocenters. The lowest BCUT2D eigenvalue weighted by Crippen LogP contribution is -2.39. The van der Waals surface area contributed by atoms with Crippen LogP contribution in [0, 0.1) is 0 Å². The van der Waals surface area contributed by atoms with Crippen molar-refractivity contribution >= 4 is 11.9 Å². The van der Waals surface area contributed by atoms with E-state index in [1.54, 1.807) is 19.1 Å². The molecule has 1 aliphatic rings. The van der Waals surface area contributed by atoms with Crippen LogP contribution < -0.4 is 5.32 Å². The molecule has 0 unspecified atom stereocenters. The van der Waals surface area contributed by atoms with E-state index in [0.717, 1.165) is 24.8 Å². The van der Waals surface area contributed by atoms with E-state index in [-0.39, 0.29) is 17.5 Å². The Hall–Kier alpha value is -3.55. The summed E-state index contributed by atoms with van der Waals surface area (Å²) in [5.74, 6) is -0.387. The second kappa shape index (κ2) is 8.22. The summed E-state index contributed by atoms with van der Waals surface area (Å²) < 4.78 is 6.81. The number of nitrogens with zero attached hydrogens (tertiary/aromatic N) is 4. The zero-order valence-electron chi connectivity index (χ0n) is 16.0. The number of benzene rings is 1. The van der Waals surface area contributed by atoms with Crippen LogP contribution in [0.1, 0.15) is 47.3 Å². The van der Waals surface area contributed by atoms with Crippen molar-refractivity contribution in [3.63, 3.8) is 0 Å². The molecule has 0 saturated carbocycles. The number of pyridine rings is 1. The van der Waals surface area contributed by atoms with Crippen LogP contribution in [0.5, 0.6) is 0 Å². The minimum Gasteiger partial charge on any atom is -0.449 e. The van der Waals surface area contributed by atoms with Crippen molar-refractivity contribution < 1.29 is 14.3 Å². The van der Waals surface area contributed by atoms with Crippen molar-refractivity contribution in [2.45, 2.75) is 38.3 Å². The van der Waals surface area contributed by atoms with Crippen LogP contribution in [0.15, 0.2) is 55.2 Å². The monoisotopic (exact) mass is 391 g/mol. The average Bonchev–Trinajstić information content (AvgIpc) is 3.29. The summed E-state index contributed by atoms with van der Waals surface area (Å²) >= 11 is 0. The molecule has 0 aliphatic heterocycles. The maximum absolute atomic E-state index is 12.6. The number of nitrogens with one attached hydrogen (secondary N) is 1. The first-order valence-corrected chi connectivity index (χ1v) is 9.52. The number of ether oxygens (including phenoxy) is 1. The number of aromatic nitrogens is 4. The number of fused-ring (bicyclic) bond motifs is 1. The zero-order valence-corrected chi connectivity index (χ0v) is 16.0. The molecule has 0 saturated heterocycles. The fraction of sp³-hybridized carbons (Fsp3) is 0.286. The molecule has 0 fully saturated rings. The summed E-state index contributed by atoms with van der Waals surface area (Å²) in [7, 11) is 0. The molecule has 29 heavy (non-hydrogen) atoms. The molecule has 1 aromatic carbocycles. The van der Waals surface area contributed by atoms with Gasteiger partial charge in [0, 0.05) is 6.20 Å². The van der Waals surface area contributed by atoms with E-state index < -0.39 is 12.1 Å². The topological polar surface area (TPSA) is 99.0 Å². The maximum atomic E-state index is 12.6. The van der Waals surface area contributed by atoms with Crippen molar-refractivity contribution in [1.29, 1.82) is 0 Å². The maximum Gasteiger partial charge on any atom is 0.340 e. The number of amides is 1. The number of esters is 1. The standard InChI is InChI=1S/C21H21N5O3/c1-14(20(27)25-18-8-4-6-15-5-2-3-7-17(15)18)29-21(28)16-9-10-19(23-11-16)26-13-22-12-24-26/h2-3,5,7,9-14,18H,4,6,8H2,1H3,(H,25,27)/t14-,18+/m1/s1. The molecule has 2 aromatic heterocycles. The number of carbonyl (C=O) groups excluding carboxylic acids is 2. The van der Waals surface area contributed by atoms with Gasteiger partial charge in [0.05, 0.1) is 11.6 Å². The Morgan fingerprint density at radius 3 is 2.86 bits per heavy atom. The van der Waals surface area contributed by atoms with Gasteiger partial charge in [0.25, 0.3) is 5.91 Å². The highest BCUT2D eigenvalue weighted by Crippen LogP contribution is 2.29. The Morgan fingerprint density at radius 2 is 2.10 bits per heavy atom. The van der Waals surface area contributed by atoms with Crippen molar-refractivity contribution in [3.05, 3.63) is 71.9 Å². The van der Waals surface area contributed by atoms with Crippen LogP contribution in [0.3, 0.4) is 0 Å². The first kappa shape index (κ1) is 18.8. The Kier molecular flexibility index (Phi) is 5.33. The summed E-state index contributed by atoms with van der Waals surface area (Å²) in [5.41, 5.74) is 2.65. The lowest BCUT2D eigenvalue weighted by molar-refractivity contribution is -0.130. The Labute approximate surface area is 167 Å². The molecule has 1 aliphatic carbocycles. The van der Waals surface area contributed by atoms with Crippen LogP contribution in [-0.4, -0.2) is 37.7 Å². The van der Waals surface area contributed by atoms with Crippen LogP contribution in [0.2, 0.25) is 0 Å². The smallest absolute Gasteiger partial charge is 0.340 e. The highest BCUT2D eigenvalue weighted by atomic mass is 16.5.